The van der Waals surface area contributed by atoms with Crippen LogP contribution in [0.2, 0.25) is 0 Å². The van der Waals surface area contributed by atoms with Crippen molar-refractivity contribution in [2.75, 3.05) is 13.7 Å². The first-order valence-corrected chi connectivity index (χ1v) is 5.75. The number of carbonyl (C=O) groups is 2. The molecule has 1 saturated heterocycles. The summed E-state index contributed by atoms with van der Waals surface area (Å²) in [6, 6.07) is -0.674. The van der Waals surface area contributed by atoms with Crippen molar-refractivity contribution in [2.24, 2.45) is 5.92 Å². The van der Waals surface area contributed by atoms with Crippen LogP contribution in [0.3, 0.4) is 0 Å². The third-order valence-electron chi connectivity index (χ3n) is 3.25. The smallest absolute Gasteiger partial charge is 0.308 e. The number of carboxylic acids is 1. The van der Waals surface area contributed by atoms with E-state index < -0.39 is 11.9 Å². The molecule has 0 aliphatic carbocycles. The maximum Gasteiger partial charge on any atom is 0.308 e. The van der Waals surface area contributed by atoms with Gasteiger partial charge in [0.15, 0.2) is 0 Å². The topological polar surface area (TPSA) is 87.7 Å². The number of carbonyl (C=O) groups excluding carboxylic acids is 1. The van der Waals surface area contributed by atoms with E-state index in [0.717, 1.165) is 0 Å². The predicted octanol–water partition coefficient (Wildman–Crippen LogP) is -0.411. The third kappa shape index (κ3) is 3.67. The number of hydrogen-bond acceptors (Lipinski definition) is 4. The van der Waals surface area contributed by atoms with E-state index in [-0.39, 0.29) is 24.1 Å². The van der Waals surface area contributed by atoms with Crippen LogP contribution in [0.25, 0.3) is 0 Å². The summed E-state index contributed by atoms with van der Waals surface area (Å²) in [5.41, 5.74) is 0. The Balaban J connectivity index is 2.42. The molecule has 1 aliphatic heterocycles. The Morgan fingerprint density at radius 1 is 1.47 bits per heavy atom. The van der Waals surface area contributed by atoms with Crippen molar-refractivity contribution in [1.29, 1.82) is 0 Å². The molecule has 4 unspecified atom stereocenters. The van der Waals surface area contributed by atoms with Gasteiger partial charge in [-0.1, -0.05) is 0 Å². The van der Waals surface area contributed by atoms with Crippen LogP contribution in [0.1, 0.15) is 20.3 Å². The van der Waals surface area contributed by atoms with Gasteiger partial charge in [-0.25, -0.2) is 0 Å². The second kappa shape index (κ2) is 5.97. The third-order valence-corrected chi connectivity index (χ3v) is 3.25. The molecule has 3 N–H and O–H groups in total. The predicted molar refractivity (Wildman–Crippen MR) is 61.6 cm³/mol. The fourth-order valence-electron chi connectivity index (χ4n) is 1.75. The monoisotopic (exact) mass is 244 g/mol. The lowest BCUT2D eigenvalue weighted by atomic mass is 10.0. The molecular formula is C11H20N2O4. The maximum atomic E-state index is 11.8. The van der Waals surface area contributed by atoms with E-state index in [1.165, 1.54) is 0 Å². The summed E-state index contributed by atoms with van der Waals surface area (Å²) in [5, 5.41) is 14.6. The Kier molecular flexibility index (Phi) is 4.89. The fraction of sp³-hybridized carbons (Fsp3) is 0.818. The van der Waals surface area contributed by atoms with Crippen LogP contribution in [0.5, 0.6) is 0 Å². The van der Waals surface area contributed by atoms with Gasteiger partial charge in [0.05, 0.1) is 18.1 Å². The average molecular weight is 244 g/mol. The van der Waals surface area contributed by atoms with Crippen molar-refractivity contribution < 1.29 is 19.4 Å². The first-order valence-electron chi connectivity index (χ1n) is 5.75. The minimum absolute atomic E-state index is 0.0537. The Hall–Kier alpha value is -1.14. The molecule has 0 aromatic heterocycles. The lowest BCUT2D eigenvalue weighted by Gasteiger charge is -2.20. The van der Waals surface area contributed by atoms with Crippen LogP contribution < -0.4 is 10.6 Å². The van der Waals surface area contributed by atoms with E-state index >= 15 is 0 Å². The number of methoxy groups -OCH3 is 1. The standard InChI is InChI=1S/C11H20N2O4/c1-6(11(15)16)7(2)13-10(14)9-4-8(17-3)5-12-9/h6-9,12H,4-5H2,1-3H3,(H,13,14)(H,15,16). The van der Waals surface area contributed by atoms with Crippen LogP contribution in [0, 0.1) is 5.92 Å². The number of aliphatic carboxylic acids is 1. The molecule has 0 spiro atoms. The normalized spacial score (nSPS) is 27.5. The van der Waals surface area contributed by atoms with Gasteiger partial charge in [0.1, 0.15) is 0 Å². The first kappa shape index (κ1) is 13.9. The zero-order valence-electron chi connectivity index (χ0n) is 10.4. The van der Waals surface area contributed by atoms with Gasteiger partial charge in [-0.15, -0.1) is 0 Å². The molecule has 6 heteroatoms. The lowest BCUT2D eigenvalue weighted by Crippen LogP contribution is -2.47. The molecule has 6 nitrogen and oxygen atoms in total. The molecule has 1 aliphatic rings. The van der Waals surface area contributed by atoms with E-state index in [0.29, 0.717) is 13.0 Å². The average Bonchev–Trinajstić information content (AvgIpc) is 2.76. The number of ether oxygens (including phenoxy) is 1. The molecule has 1 fully saturated rings. The van der Waals surface area contributed by atoms with Gasteiger partial charge in [-0.05, 0) is 20.3 Å². The first-order chi connectivity index (χ1) is 7.95. The van der Waals surface area contributed by atoms with E-state index in [2.05, 4.69) is 10.6 Å². The second-order valence-corrected chi connectivity index (χ2v) is 4.48. The SMILES string of the molecule is COC1CNC(C(=O)NC(C)C(C)C(=O)O)C1. The summed E-state index contributed by atoms with van der Waals surface area (Å²) in [7, 11) is 1.61. The van der Waals surface area contributed by atoms with E-state index in [4.69, 9.17) is 9.84 Å². The highest BCUT2D eigenvalue weighted by Gasteiger charge is 2.31. The second-order valence-electron chi connectivity index (χ2n) is 4.48. The Morgan fingerprint density at radius 2 is 2.12 bits per heavy atom. The Bertz CT molecular complexity index is 295. The van der Waals surface area contributed by atoms with Gasteiger partial charge >= 0.3 is 5.97 Å². The molecule has 17 heavy (non-hydrogen) atoms. The fourth-order valence-corrected chi connectivity index (χ4v) is 1.75. The minimum Gasteiger partial charge on any atom is -0.481 e. The zero-order valence-corrected chi connectivity index (χ0v) is 10.4. The summed E-state index contributed by atoms with van der Waals surface area (Å²) in [6.45, 7) is 3.92. The molecule has 0 aromatic carbocycles. The van der Waals surface area contributed by atoms with Crippen molar-refractivity contribution in [1.82, 2.24) is 10.6 Å². The van der Waals surface area contributed by atoms with Crippen LogP contribution in [-0.2, 0) is 14.3 Å². The molecule has 0 radical (unpaired) electrons. The largest absolute Gasteiger partial charge is 0.481 e. The lowest BCUT2D eigenvalue weighted by molar-refractivity contribution is -0.142. The zero-order chi connectivity index (χ0) is 13.0. The summed E-state index contributed by atoms with van der Waals surface area (Å²) in [6.07, 6.45) is 0.675. The van der Waals surface area contributed by atoms with Gasteiger partial charge in [0.2, 0.25) is 5.91 Å². The highest BCUT2D eigenvalue weighted by molar-refractivity contribution is 5.83. The van der Waals surface area contributed by atoms with Gasteiger partial charge in [-0.3, -0.25) is 9.59 Å². The van der Waals surface area contributed by atoms with Crippen molar-refractivity contribution in [3.8, 4) is 0 Å². The number of nitrogens with one attached hydrogen (secondary N) is 2. The summed E-state index contributed by atoms with van der Waals surface area (Å²) >= 11 is 0. The molecule has 0 aromatic rings. The van der Waals surface area contributed by atoms with Crippen LogP contribution in [0.4, 0.5) is 0 Å². The summed E-state index contributed by atoms with van der Waals surface area (Å²) < 4.78 is 5.15. The number of hydrogen-bond donors (Lipinski definition) is 3. The van der Waals surface area contributed by atoms with Crippen molar-refractivity contribution >= 4 is 11.9 Å². The molecular weight excluding hydrogens is 224 g/mol. The van der Waals surface area contributed by atoms with Gasteiger partial charge < -0.3 is 20.5 Å². The number of amides is 1. The molecule has 0 bridgehead atoms. The highest BCUT2D eigenvalue weighted by Crippen LogP contribution is 2.10. The van der Waals surface area contributed by atoms with Gasteiger partial charge in [-0.2, -0.15) is 0 Å². The van der Waals surface area contributed by atoms with Gasteiger partial charge in [0, 0.05) is 19.7 Å². The molecule has 0 saturated carbocycles. The molecule has 1 rings (SSSR count). The molecule has 1 amide bonds. The van der Waals surface area contributed by atoms with Crippen molar-refractivity contribution in [3.63, 3.8) is 0 Å². The molecule has 4 atom stereocenters. The maximum absolute atomic E-state index is 11.8. The van der Waals surface area contributed by atoms with Crippen LogP contribution in [0.15, 0.2) is 0 Å². The van der Waals surface area contributed by atoms with Gasteiger partial charge in [0.25, 0.3) is 0 Å². The Labute approximate surface area is 101 Å². The summed E-state index contributed by atoms with van der Waals surface area (Å²) in [4.78, 5) is 22.6. The van der Waals surface area contributed by atoms with E-state index in [1.807, 2.05) is 0 Å². The highest BCUT2D eigenvalue weighted by atomic mass is 16.5. The quantitative estimate of drug-likeness (QED) is 0.612. The van der Waals surface area contributed by atoms with E-state index in [1.54, 1.807) is 21.0 Å². The minimum atomic E-state index is -0.910. The molecule has 1 heterocycles. The molecule has 98 valence electrons. The van der Waals surface area contributed by atoms with E-state index in [9.17, 15) is 9.59 Å². The number of rotatable bonds is 5. The van der Waals surface area contributed by atoms with Crippen molar-refractivity contribution in [2.45, 2.75) is 38.5 Å². The van der Waals surface area contributed by atoms with Crippen LogP contribution in [-0.4, -0.2) is 48.8 Å². The number of carboxylic acid groups (broad SMARTS) is 1. The summed E-state index contributed by atoms with van der Waals surface area (Å²) in [5.74, 6) is -1.67. The van der Waals surface area contributed by atoms with Crippen LogP contribution >= 0.6 is 0 Å². The van der Waals surface area contributed by atoms with Crippen molar-refractivity contribution in [3.05, 3.63) is 0 Å². The Morgan fingerprint density at radius 3 is 2.59 bits per heavy atom.